The van der Waals surface area contributed by atoms with Crippen LogP contribution in [-0.4, -0.2) is 59.8 Å². The summed E-state index contributed by atoms with van der Waals surface area (Å²) in [6.45, 7) is 3.33. The molecule has 164 valence electrons. The molecular formula is C22H28N6O3. The number of aromatic nitrogens is 2. The number of hydrogen-bond donors (Lipinski definition) is 0. The van der Waals surface area contributed by atoms with Crippen molar-refractivity contribution in [3.63, 3.8) is 0 Å². The molecule has 0 N–H and O–H groups in total. The van der Waals surface area contributed by atoms with Gasteiger partial charge in [0.2, 0.25) is 0 Å². The highest BCUT2D eigenvalue weighted by Crippen LogP contribution is 2.25. The van der Waals surface area contributed by atoms with E-state index in [2.05, 4.69) is 15.2 Å². The summed E-state index contributed by atoms with van der Waals surface area (Å²) in [6.07, 6.45) is 4.07. The van der Waals surface area contributed by atoms with Gasteiger partial charge in [0.25, 0.3) is 11.8 Å². The minimum absolute atomic E-state index is 0.0335. The molecule has 0 radical (unpaired) electrons. The van der Waals surface area contributed by atoms with E-state index in [9.17, 15) is 9.59 Å². The van der Waals surface area contributed by atoms with Crippen LogP contribution in [0, 0.1) is 5.92 Å². The SMILES string of the molecule is CC1=NN(c2ccc(C(=O)N3CCC(CCc4noc(N(C)C)n4)CC3)cc2)C(=O)C1. The molecule has 2 amide bonds. The van der Waals surface area contributed by atoms with Crippen molar-refractivity contribution in [2.24, 2.45) is 11.0 Å². The number of likely N-dealkylation sites (tertiary alicyclic amines) is 1. The number of amides is 2. The molecule has 2 aliphatic heterocycles. The number of hydrazone groups is 1. The van der Waals surface area contributed by atoms with Gasteiger partial charge in [0.15, 0.2) is 5.82 Å². The van der Waals surface area contributed by atoms with Gasteiger partial charge in [-0.25, -0.2) is 5.01 Å². The third kappa shape index (κ3) is 4.76. The van der Waals surface area contributed by atoms with Crippen LogP contribution in [0.1, 0.15) is 48.8 Å². The number of benzene rings is 1. The number of piperidine rings is 1. The Bertz CT molecular complexity index is 973. The van der Waals surface area contributed by atoms with Crippen LogP contribution in [0.3, 0.4) is 0 Å². The van der Waals surface area contributed by atoms with E-state index in [1.165, 1.54) is 5.01 Å². The van der Waals surface area contributed by atoms with E-state index in [1.54, 1.807) is 29.2 Å². The second-order valence-corrected chi connectivity index (χ2v) is 8.43. The first-order valence-corrected chi connectivity index (χ1v) is 10.7. The lowest BCUT2D eigenvalue weighted by atomic mass is 9.91. The monoisotopic (exact) mass is 424 g/mol. The summed E-state index contributed by atoms with van der Waals surface area (Å²) in [7, 11) is 3.75. The lowest BCUT2D eigenvalue weighted by Gasteiger charge is -2.32. The van der Waals surface area contributed by atoms with Crippen molar-refractivity contribution >= 4 is 29.2 Å². The molecule has 3 heterocycles. The van der Waals surface area contributed by atoms with E-state index >= 15 is 0 Å². The Morgan fingerprint density at radius 1 is 1.19 bits per heavy atom. The van der Waals surface area contributed by atoms with Crippen molar-refractivity contribution in [3.8, 4) is 0 Å². The molecule has 9 nitrogen and oxygen atoms in total. The molecule has 0 bridgehead atoms. The normalized spacial score (nSPS) is 17.3. The Kier molecular flexibility index (Phi) is 6.01. The van der Waals surface area contributed by atoms with Gasteiger partial charge >= 0.3 is 6.01 Å². The van der Waals surface area contributed by atoms with Crippen LogP contribution in [0.2, 0.25) is 0 Å². The van der Waals surface area contributed by atoms with E-state index in [0.29, 0.717) is 29.6 Å². The minimum atomic E-state index is -0.0441. The maximum Gasteiger partial charge on any atom is 0.323 e. The van der Waals surface area contributed by atoms with Crippen LogP contribution < -0.4 is 9.91 Å². The molecule has 0 atom stereocenters. The van der Waals surface area contributed by atoms with Gasteiger partial charge in [-0.2, -0.15) is 10.1 Å². The van der Waals surface area contributed by atoms with Crippen molar-refractivity contribution in [1.29, 1.82) is 0 Å². The standard InChI is InChI=1S/C22H28N6O3/c1-15-14-20(29)28(24-15)18-7-5-17(6-8-18)21(30)27-12-10-16(11-13-27)4-9-19-23-22(26(2)3)31-25-19/h5-8,16H,4,9-14H2,1-3H3. The van der Waals surface area contributed by atoms with Crippen LogP contribution in [0.25, 0.3) is 0 Å². The van der Waals surface area contributed by atoms with Crippen LogP contribution in [0.15, 0.2) is 33.9 Å². The first kappa shape index (κ1) is 21.0. The summed E-state index contributed by atoms with van der Waals surface area (Å²) in [5.41, 5.74) is 2.12. The summed E-state index contributed by atoms with van der Waals surface area (Å²) in [5, 5.41) is 9.68. The molecule has 1 aromatic heterocycles. The van der Waals surface area contributed by atoms with E-state index in [0.717, 1.165) is 50.3 Å². The average molecular weight is 425 g/mol. The van der Waals surface area contributed by atoms with Crippen LogP contribution in [0.4, 0.5) is 11.7 Å². The van der Waals surface area contributed by atoms with Gasteiger partial charge in [-0.15, -0.1) is 0 Å². The van der Waals surface area contributed by atoms with Gasteiger partial charge in [0.1, 0.15) is 0 Å². The number of anilines is 2. The van der Waals surface area contributed by atoms with Gasteiger partial charge in [-0.1, -0.05) is 5.16 Å². The summed E-state index contributed by atoms with van der Waals surface area (Å²) >= 11 is 0. The Labute approximate surface area is 181 Å². The molecule has 31 heavy (non-hydrogen) atoms. The van der Waals surface area contributed by atoms with E-state index < -0.39 is 0 Å². The Balaban J connectivity index is 1.27. The molecule has 0 saturated carbocycles. The molecule has 9 heteroatoms. The molecule has 4 rings (SSSR count). The zero-order chi connectivity index (χ0) is 22.0. The Hall–Kier alpha value is -3.23. The van der Waals surface area contributed by atoms with Gasteiger partial charge < -0.3 is 14.3 Å². The van der Waals surface area contributed by atoms with Crippen molar-refractivity contribution in [1.82, 2.24) is 15.0 Å². The molecule has 0 unspecified atom stereocenters. The maximum atomic E-state index is 12.9. The lowest BCUT2D eigenvalue weighted by molar-refractivity contribution is -0.116. The van der Waals surface area contributed by atoms with Crippen molar-refractivity contribution in [2.75, 3.05) is 37.1 Å². The van der Waals surface area contributed by atoms with Gasteiger partial charge in [0.05, 0.1) is 12.1 Å². The smallest absolute Gasteiger partial charge is 0.323 e. The zero-order valence-electron chi connectivity index (χ0n) is 18.2. The largest absolute Gasteiger partial charge is 0.339 e. The molecule has 1 saturated heterocycles. The quantitative estimate of drug-likeness (QED) is 0.708. The Morgan fingerprint density at radius 3 is 2.48 bits per heavy atom. The predicted octanol–water partition coefficient (Wildman–Crippen LogP) is 2.73. The lowest BCUT2D eigenvalue weighted by Crippen LogP contribution is -2.38. The number of carbonyl (C=O) groups is 2. The second-order valence-electron chi connectivity index (χ2n) is 8.43. The third-order valence-electron chi connectivity index (χ3n) is 5.79. The van der Waals surface area contributed by atoms with Gasteiger partial charge in [0, 0.05) is 44.9 Å². The fraction of sp³-hybridized carbons (Fsp3) is 0.500. The zero-order valence-corrected chi connectivity index (χ0v) is 18.2. The van der Waals surface area contributed by atoms with E-state index in [-0.39, 0.29) is 11.8 Å². The Morgan fingerprint density at radius 2 is 1.90 bits per heavy atom. The third-order valence-corrected chi connectivity index (χ3v) is 5.79. The summed E-state index contributed by atoms with van der Waals surface area (Å²) in [5.74, 6) is 1.27. The molecular weight excluding hydrogens is 396 g/mol. The minimum Gasteiger partial charge on any atom is -0.339 e. The number of carbonyl (C=O) groups excluding carboxylic acids is 2. The van der Waals surface area contributed by atoms with Crippen LogP contribution in [0.5, 0.6) is 0 Å². The highest BCUT2D eigenvalue weighted by molar-refractivity contribution is 6.12. The van der Waals surface area contributed by atoms with Gasteiger partial charge in [-0.3, -0.25) is 9.59 Å². The summed E-state index contributed by atoms with van der Waals surface area (Å²) in [6, 6.07) is 7.65. The number of aryl methyl sites for hydroxylation is 1. The number of rotatable bonds is 6. The molecule has 1 fully saturated rings. The van der Waals surface area contributed by atoms with Crippen LogP contribution >= 0.6 is 0 Å². The van der Waals surface area contributed by atoms with Crippen LogP contribution in [-0.2, 0) is 11.2 Å². The van der Waals surface area contributed by atoms with Crippen molar-refractivity contribution in [2.45, 2.75) is 39.0 Å². The predicted molar refractivity (Wildman–Crippen MR) is 117 cm³/mol. The fourth-order valence-electron chi connectivity index (χ4n) is 3.97. The molecule has 0 aliphatic carbocycles. The van der Waals surface area contributed by atoms with Crippen molar-refractivity contribution in [3.05, 3.63) is 35.7 Å². The summed E-state index contributed by atoms with van der Waals surface area (Å²) < 4.78 is 5.20. The van der Waals surface area contributed by atoms with E-state index in [1.807, 2.05) is 25.9 Å². The fourth-order valence-corrected chi connectivity index (χ4v) is 3.97. The topological polar surface area (TPSA) is 95.1 Å². The highest BCUT2D eigenvalue weighted by atomic mass is 16.5. The average Bonchev–Trinajstić information content (AvgIpc) is 3.38. The molecule has 2 aliphatic rings. The highest BCUT2D eigenvalue weighted by Gasteiger charge is 2.26. The number of nitrogens with zero attached hydrogens (tertiary/aromatic N) is 6. The molecule has 0 spiro atoms. The second kappa shape index (κ2) is 8.87. The molecule has 2 aromatic rings. The first-order valence-electron chi connectivity index (χ1n) is 10.7. The van der Waals surface area contributed by atoms with Gasteiger partial charge in [-0.05, 0) is 56.4 Å². The van der Waals surface area contributed by atoms with Crippen molar-refractivity contribution < 1.29 is 14.1 Å². The maximum absolute atomic E-state index is 12.9. The van der Waals surface area contributed by atoms with E-state index in [4.69, 9.17) is 4.52 Å². The number of hydrogen-bond acceptors (Lipinski definition) is 7. The summed E-state index contributed by atoms with van der Waals surface area (Å²) in [4.78, 5) is 32.9. The first-order chi connectivity index (χ1) is 14.9. The molecule has 1 aromatic carbocycles.